The van der Waals surface area contributed by atoms with Crippen LogP contribution in [-0.4, -0.2) is 8.07 Å². The predicted octanol–water partition coefficient (Wildman–Crippen LogP) is 6.22. The van der Waals surface area contributed by atoms with Gasteiger partial charge in [0.25, 0.3) is 0 Å². The third kappa shape index (κ3) is 4.13. The van der Waals surface area contributed by atoms with Crippen LogP contribution in [0.25, 0.3) is 11.1 Å². The van der Waals surface area contributed by atoms with Gasteiger partial charge >= 0.3 is 0 Å². The summed E-state index contributed by atoms with van der Waals surface area (Å²) >= 11 is 0. The summed E-state index contributed by atoms with van der Waals surface area (Å²) < 4.78 is 0. The summed E-state index contributed by atoms with van der Waals surface area (Å²) in [5.41, 5.74) is 6.44. The first-order chi connectivity index (χ1) is 16.5. The van der Waals surface area contributed by atoms with Crippen LogP contribution >= 0.6 is 0 Å². The van der Waals surface area contributed by atoms with Crippen molar-refractivity contribution >= 4 is 40.0 Å². The molecular formula is C33H34Si. The molecule has 0 aliphatic heterocycles. The van der Waals surface area contributed by atoms with Crippen molar-refractivity contribution in [3.8, 4) is 0 Å². The van der Waals surface area contributed by atoms with Crippen molar-refractivity contribution in [2.24, 2.45) is 0 Å². The largest absolute Gasteiger partial charge is 0.179 e. The zero-order valence-electron chi connectivity index (χ0n) is 20.8. The minimum absolute atomic E-state index is 0.940. The normalized spacial score (nSPS) is 11.9. The minimum Gasteiger partial charge on any atom is -0.0952 e. The van der Waals surface area contributed by atoms with Gasteiger partial charge in [-0.05, 0) is 75.8 Å². The highest BCUT2D eigenvalue weighted by Crippen LogP contribution is 2.27. The standard InChI is InChI=1S/C33H34Si/c1-6-25(3)32-23-31(24-33(27(32)5)26(4)7-2)34(28-17-11-8-12-18-28,29-19-13-9-14-20-29)30-21-15-10-16-22-30/h7-24H,3,6H2,1-2,4-5H3. The van der Waals surface area contributed by atoms with Gasteiger partial charge in [-0.1, -0.05) is 123 Å². The molecule has 0 N–H and O–H groups in total. The second-order valence-electron chi connectivity index (χ2n) is 8.97. The molecule has 1 heteroatoms. The highest BCUT2D eigenvalue weighted by Gasteiger charge is 2.41. The van der Waals surface area contributed by atoms with E-state index in [1.165, 1.54) is 48.6 Å². The van der Waals surface area contributed by atoms with Crippen LogP contribution in [0.15, 0.2) is 116 Å². The molecule has 170 valence electrons. The van der Waals surface area contributed by atoms with Crippen molar-refractivity contribution in [3.63, 3.8) is 0 Å². The monoisotopic (exact) mass is 458 g/mol. The summed E-state index contributed by atoms with van der Waals surface area (Å²) in [5.74, 6) is 0. The first-order valence-corrected chi connectivity index (χ1v) is 14.2. The van der Waals surface area contributed by atoms with Gasteiger partial charge in [0.2, 0.25) is 0 Å². The molecule has 0 saturated heterocycles. The molecule has 0 radical (unpaired) electrons. The van der Waals surface area contributed by atoms with Gasteiger partial charge < -0.3 is 0 Å². The van der Waals surface area contributed by atoms with E-state index in [4.69, 9.17) is 0 Å². The van der Waals surface area contributed by atoms with Crippen LogP contribution in [0.5, 0.6) is 0 Å². The van der Waals surface area contributed by atoms with Crippen molar-refractivity contribution in [2.75, 3.05) is 0 Å². The summed E-state index contributed by atoms with van der Waals surface area (Å²) in [5, 5.41) is 5.60. The maximum absolute atomic E-state index is 4.47. The molecule has 0 aliphatic rings. The summed E-state index contributed by atoms with van der Waals surface area (Å²) in [7, 11) is -2.57. The SMILES string of the molecule is C=C(CC)c1cc([Si](c2ccccc2)(c2ccccc2)c2ccccc2)cc(C(C)=CC)c1C. The van der Waals surface area contributed by atoms with Gasteiger partial charge in [0.15, 0.2) is 8.07 Å². The summed E-state index contributed by atoms with van der Waals surface area (Å²) in [6, 6.07) is 38.3. The Bertz CT molecular complexity index is 1200. The van der Waals surface area contributed by atoms with Crippen molar-refractivity contribution in [1.82, 2.24) is 0 Å². The molecule has 0 amide bonds. The number of hydrogen-bond acceptors (Lipinski definition) is 0. The molecule has 4 rings (SSSR count). The highest BCUT2D eigenvalue weighted by atomic mass is 28.3. The lowest BCUT2D eigenvalue weighted by Gasteiger charge is -2.35. The Labute approximate surface area is 206 Å². The van der Waals surface area contributed by atoms with E-state index < -0.39 is 8.07 Å². The van der Waals surface area contributed by atoms with Crippen LogP contribution in [-0.2, 0) is 0 Å². The van der Waals surface area contributed by atoms with Crippen molar-refractivity contribution in [3.05, 3.63) is 132 Å². The van der Waals surface area contributed by atoms with E-state index in [9.17, 15) is 0 Å². The molecule has 0 saturated carbocycles. The Morgan fingerprint density at radius 3 is 1.50 bits per heavy atom. The smallest absolute Gasteiger partial charge is 0.0952 e. The number of allylic oxidation sites excluding steroid dienone is 3. The van der Waals surface area contributed by atoms with E-state index in [0.717, 1.165) is 6.42 Å². The highest BCUT2D eigenvalue weighted by molar-refractivity contribution is 7.19. The fraction of sp³-hybridized carbons (Fsp3) is 0.152. The van der Waals surface area contributed by atoms with Crippen LogP contribution in [0.4, 0.5) is 0 Å². The van der Waals surface area contributed by atoms with E-state index in [1.54, 1.807) is 0 Å². The second-order valence-corrected chi connectivity index (χ2v) is 12.8. The maximum Gasteiger partial charge on any atom is 0.179 e. The summed E-state index contributed by atoms with van der Waals surface area (Å²) in [6.07, 6.45) is 3.16. The molecule has 0 fully saturated rings. The lowest BCUT2D eigenvalue weighted by atomic mass is 9.92. The number of benzene rings is 4. The van der Waals surface area contributed by atoms with Crippen LogP contribution < -0.4 is 20.7 Å². The lowest BCUT2D eigenvalue weighted by molar-refractivity contribution is 1.23. The third-order valence-corrected chi connectivity index (χ3v) is 11.9. The van der Waals surface area contributed by atoms with Crippen LogP contribution in [0.1, 0.15) is 43.9 Å². The molecule has 0 unspecified atom stereocenters. The average Bonchev–Trinajstić information content (AvgIpc) is 2.90. The van der Waals surface area contributed by atoms with E-state index >= 15 is 0 Å². The van der Waals surface area contributed by atoms with Gasteiger partial charge in [-0.3, -0.25) is 0 Å². The fourth-order valence-electron chi connectivity index (χ4n) is 5.12. The third-order valence-electron chi connectivity index (χ3n) is 7.13. The fourth-order valence-corrected chi connectivity index (χ4v) is 9.92. The molecule has 0 spiro atoms. The van der Waals surface area contributed by atoms with Crippen molar-refractivity contribution in [1.29, 1.82) is 0 Å². The van der Waals surface area contributed by atoms with Gasteiger partial charge in [0.1, 0.15) is 0 Å². The predicted molar refractivity (Wildman–Crippen MR) is 153 cm³/mol. The Hall–Kier alpha value is -3.42. The average molecular weight is 459 g/mol. The van der Waals surface area contributed by atoms with E-state index in [-0.39, 0.29) is 0 Å². The van der Waals surface area contributed by atoms with Crippen LogP contribution in [0.2, 0.25) is 0 Å². The van der Waals surface area contributed by atoms with Gasteiger partial charge in [0.05, 0.1) is 0 Å². The molecule has 0 nitrogen and oxygen atoms in total. The van der Waals surface area contributed by atoms with Gasteiger partial charge in [-0.2, -0.15) is 0 Å². The van der Waals surface area contributed by atoms with E-state index in [0.29, 0.717) is 0 Å². The van der Waals surface area contributed by atoms with Crippen LogP contribution in [0.3, 0.4) is 0 Å². The first kappa shape index (κ1) is 23.7. The topological polar surface area (TPSA) is 0 Å². The molecular weight excluding hydrogens is 424 g/mol. The Morgan fingerprint density at radius 2 is 1.12 bits per heavy atom. The first-order valence-electron chi connectivity index (χ1n) is 12.2. The zero-order valence-corrected chi connectivity index (χ0v) is 21.8. The Balaban J connectivity index is 2.21. The second kappa shape index (κ2) is 10.2. The molecule has 34 heavy (non-hydrogen) atoms. The van der Waals surface area contributed by atoms with Gasteiger partial charge in [-0.25, -0.2) is 0 Å². The van der Waals surface area contributed by atoms with Crippen LogP contribution in [0, 0.1) is 6.92 Å². The molecule has 0 bridgehead atoms. The Kier molecular flexibility index (Phi) is 7.14. The maximum atomic E-state index is 4.47. The quantitative estimate of drug-likeness (QED) is 0.228. The molecule has 0 aromatic heterocycles. The van der Waals surface area contributed by atoms with Gasteiger partial charge in [0, 0.05) is 0 Å². The van der Waals surface area contributed by atoms with Gasteiger partial charge in [-0.15, -0.1) is 0 Å². The van der Waals surface area contributed by atoms with E-state index in [1.807, 2.05) is 0 Å². The summed E-state index contributed by atoms with van der Waals surface area (Å²) in [4.78, 5) is 0. The molecule has 4 aromatic rings. The minimum atomic E-state index is -2.57. The molecule has 0 atom stereocenters. The molecule has 0 aliphatic carbocycles. The number of rotatable bonds is 7. The van der Waals surface area contributed by atoms with Crippen molar-refractivity contribution < 1.29 is 0 Å². The number of hydrogen-bond donors (Lipinski definition) is 0. The van der Waals surface area contributed by atoms with Crippen molar-refractivity contribution in [2.45, 2.75) is 34.1 Å². The zero-order chi connectivity index (χ0) is 24.1. The molecule has 0 heterocycles. The van der Waals surface area contributed by atoms with E-state index in [2.05, 4.69) is 143 Å². The lowest BCUT2D eigenvalue weighted by Crippen LogP contribution is -2.74. The molecule has 4 aromatic carbocycles. The Morgan fingerprint density at radius 1 is 0.706 bits per heavy atom. The summed E-state index contributed by atoms with van der Waals surface area (Å²) in [6.45, 7) is 13.3.